The highest BCUT2D eigenvalue weighted by Crippen LogP contribution is 2.24. The van der Waals surface area contributed by atoms with E-state index in [0.717, 1.165) is 19.4 Å². The summed E-state index contributed by atoms with van der Waals surface area (Å²) in [4.78, 5) is 13.2. The monoisotopic (exact) mass is 303 g/mol. The largest absolute Gasteiger partial charge is 0.491 e. The molecule has 0 heterocycles. The molecule has 0 saturated heterocycles. The van der Waals surface area contributed by atoms with Crippen LogP contribution in [-0.2, 0) is 6.54 Å². The highest BCUT2D eigenvalue weighted by atomic mass is 35.5. The van der Waals surface area contributed by atoms with Crippen molar-refractivity contribution in [3.05, 3.63) is 64.7 Å². The smallest absolute Gasteiger partial charge is 0.155 e. The van der Waals surface area contributed by atoms with Gasteiger partial charge in [-0.1, -0.05) is 48.0 Å². The summed E-state index contributed by atoms with van der Waals surface area (Å²) in [7, 11) is 2.04. The minimum absolute atomic E-state index is 0.407. The lowest BCUT2D eigenvalue weighted by Gasteiger charge is -2.17. The van der Waals surface area contributed by atoms with E-state index in [1.807, 2.05) is 25.2 Å². The van der Waals surface area contributed by atoms with E-state index >= 15 is 0 Å². The minimum Gasteiger partial charge on any atom is -0.491 e. The van der Waals surface area contributed by atoms with Crippen LogP contribution in [0.3, 0.4) is 0 Å². The number of aldehydes is 1. The quantitative estimate of drug-likeness (QED) is 0.731. The van der Waals surface area contributed by atoms with Crippen molar-refractivity contribution in [2.45, 2.75) is 6.54 Å². The molecule has 0 aromatic heterocycles. The first-order valence-electron chi connectivity index (χ1n) is 6.79. The summed E-state index contributed by atoms with van der Waals surface area (Å²) in [6.45, 7) is 2.13. The summed E-state index contributed by atoms with van der Waals surface area (Å²) < 4.78 is 5.66. The Labute approximate surface area is 130 Å². The molecule has 4 heteroatoms. The third-order valence-electron chi connectivity index (χ3n) is 3.16. The molecule has 0 bridgehead atoms. The number of carbonyl (C=O) groups excluding carboxylic acids is 1. The number of nitrogens with zero attached hydrogens (tertiary/aromatic N) is 1. The lowest BCUT2D eigenvalue weighted by molar-refractivity contribution is 0.111. The summed E-state index contributed by atoms with van der Waals surface area (Å²) in [5.74, 6) is 0.533. The van der Waals surface area contributed by atoms with Gasteiger partial charge in [0.15, 0.2) is 6.29 Å². The lowest BCUT2D eigenvalue weighted by Crippen LogP contribution is -2.24. The molecule has 0 aliphatic rings. The van der Waals surface area contributed by atoms with E-state index in [2.05, 4.69) is 17.0 Å². The van der Waals surface area contributed by atoms with Crippen LogP contribution < -0.4 is 4.74 Å². The Morgan fingerprint density at radius 1 is 1.14 bits per heavy atom. The fourth-order valence-electron chi connectivity index (χ4n) is 2.04. The van der Waals surface area contributed by atoms with E-state index in [0.29, 0.717) is 22.9 Å². The van der Waals surface area contributed by atoms with E-state index in [1.54, 1.807) is 18.2 Å². The minimum atomic E-state index is 0.407. The average Bonchev–Trinajstić information content (AvgIpc) is 2.48. The number of ether oxygens (including phenoxy) is 1. The van der Waals surface area contributed by atoms with Crippen LogP contribution in [0.1, 0.15) is 15.9 Å². The number of halogens is 1. The van der Waals surface area contributed by atoms with Gasteiger partial charge in [0, 0.05) is 13.1 Å². The highest BCUT2D eigenvalue weighted by Gasteiger charge is 2.07. The van der Waals surface area contributed by atoms with E-state index in [-0.39, 0.29) is 0 Å². The molecule has 0 spiro atoms. The number of rotatable bonds is 7. The zero-order valence-electron chi connectivity index (χ0n) is 12.0. The van der Waals surface area contributed by atoms with Gasteiger partial charge >= 0.3 is 0 Å². The normalized spacial score (nSPS) is 10.6. The number of hydrogen-bond acceptors (Lipinski definition) is 3. The van der Waals surface area contributed by atoms with Gasteiger partial charge in [-0.15, -0.1) is 0 Å². The van der Waals surface area contributed by atoms with Crippen molar-refractivity contribution < 1.29 is 9.53 Å². The first kappa shape index (κ1) is 15.5. The maximum atomic E-state index is 11.0. The second-order valence-corrected chi connectivity index (χ2v) is 5.25. The Kier molecular flexibility index (Phi) is 5.78. The molecule has 0 saturated carbocycles. The fraction of sp³-hybridized carbons (Fsp3) is 0.235. The number of likely N-dealkylation sites (N-methyl/N-ethyl adjacent to an activating group) is 1. The van der Waals surface area contributed by atoms with Gasteiger partial charge in [-0.2, -0.15) is 0 Å². The standard InChI is InChI=1S/C17H18ClNO2/c1-19(12-14-6-3-2-4-7-14)10-11-21-17-9-5-8-16(18)15(17)13-20/h2-9,13H,10-12H2,1H3. The highest BCUT2D eigenvalue weighted by molar-refractivity contribution is 6.33. The molecule has 110 valence electrons. The molecule has 21 heavy (non-hydrogen) atoms. The molecule has 0 amide bonds. The predicted molar refractivity (Wildman–Crippen MR) is 85.1 cm³/mol. The van der Waals surface area contributed by atoms with Gasteiger partial charge in [0.05, 0.1) is 10.6 Å². The third kappa shape index (κ3) is 4.59. The van der Waals surface area contributed by atoms with Gasteiger partial charge in [-0.25, -0.2) is 0 Å². The lowest BCUT2D eigenvalue weighted by atomic mass is 10.2. The Bertz CT molecular complexity index is 587. The van der Waals surface area contributed by atoms with E-state index < -0.39 is 0 Å². The molecule has 0 aliphatic heterocycles. The molecule has 0 aliphatic carbocycles. The second kappa shape index (κ2) is 7.81. The van der Waals surface area contributed by atoms with Crippen molar-refractivity contribution in [1.82, 2.24) is 4.90 Å². The zero-order valence-corrected chi connectivity index (χ0v) is 12.7. The molecular formula is C17H18ClNO2. The molecule has 2 rings (SSSR count). The van der Waals surface area contributed by atoms with Crippen molar-refractivity contribution in [1.29, 1.82) is 0 Å². The molecule has 0 unspecified atom stereocenters. The molecule has 0 radical (unpaired) electrons. The Morgan fingerprint density at radius 2 is 1.90 bits per heavy atom. The molecular weight excluding hydrogens is 286 g/mol. The van der Waals surface area contributed by atoms with Gasteiger partial charge in [0.1, 0.15) is 12.4 Å². The van der Waals surface area contributed by atoms with Crippen LogP contribution in [-0.4, -0.2) is 31.4 Å². The molecule has 2 aromatic carbocycles. The summed E-state index contributed by atoms with van der Waals surface area (Å²) in [6, 6.07) is 15.5. The average molecular weight is 304 g/mol. The van der Waals surface area contributed by atoms with Crippen molar-refractivity contribution in [3.8, 4) is 5.75 Å². The van der Waals surface area contributed by atoms with Crippen LogP contribution in [0.5, 0.6) is 5.75 Å². The van der Waals surface area contributed by atoms with Crippen molar-refractivity contribution in [3.63, 3.8) is 0 Å². The maximum Gasteiger partial charge on any atom is 0.155 e. The van der Waals surface area contributed by atoms with Gasteiger partial charge in [-0.3, -0.25) is 9.69 Å². The van der Waals surface area contributed by atoms with Gasteiger partial charge in [0.2, 0.25) is 0 Å². The number of carbonyl (C=O) groups is 1. The zero-order chi connectivity index (χ0) is 15.1. The number of hydrogen-bond donors (Lipinski definition) is 0. The molecule has 0 N–H and O–H groups in total. The maximum absolute atomic E-state index is 11.0. The third-order valence-corrected chi connectivity index (χ3v) is 3.49. The van der Waals surface area contributed by atoms with Gasteiger partial charge < -0.3 is 4.74 Å². The molecule has 2 aromatic rings. The van der Waals surface area contributed by atoms with Gasteiger partial charge in [0.25, 0.3) is 0 Å². The summed E-state index contributed by atoms with van der Waals surface area (Å²) in [6.07, 6.45) is 0.728. The van der Waals surface area contributed by atoms with Crippen LogP contribution in [0.25, 0.3) is 0 Å². The predicted octanol–water partition coefficient (Wildman–Crippen LogP) is 3.66. The Balaban J connectivity index is 1.84. The van der Waals surface area contributed by atoms with Crippen molar-refractivity contribution in [2.75, 3.05) is 20.2 Å². The van der Waals surface area contributed by atoms with Crippen LogP contribution in [0.4, 0.5) is 0 Å². The van der Waals surface area contributed by atoms with Crippen LogP contribution in [0.15, 0.2) is 48.5 Å². The summed E-state index contributed by atoms with van der Waals surface area (Å²) >= 11 is 5.96. The van der Waals surface area contributed by atoms with Crippen LogP contribution in [0.2, 0.25) is 5.02 Å². The molecule has 0 fully saturated rings. The Hall–Kier alpha value is -1.84. The number of benzene rings is 2. The Morgan fingerprint density at radius 3 is 2.62 bits per heavy atom. The summed E-state index contributed by atoms with van der Waals surface area (Å²) in [5, 5.41) is 0.417. The van der Waals surface area contributed by atoms with Crippen molar-refractivity contribution in [2.24, 2.45) is 0 Å². The molecule has 0 atom stereocenters. The van der Waals surface area contributed by atoms with Crippen LogP contribution in [0, 0.1) is 0 Å². The fourth-order valence-corrected chi connectivity index (χ4v) is 2.25. The van der Waals surface area contributed by atoms with Crippen LogP contribution >= 0.6 is 11.6 Å². The topological polar surface area (TPSA) is 29.5 Å². The van der Waals surface area contributed by atoms with E-state index in [4.69, 9.17) is 16.3 Å². The SMILES string of the molecule is CN(CCOc1cccc(Cl)c1C=O)Cc1ccccc1. The molecule has 3 nitrogen and oxygen atoms in total. The van der Waals surface area contributed by atoms with E-state index in [1.165, 1.54) is 5.56 Å². The van der Waals surface area contributed by atoms with Crippen molar-refractivity contribution >= 4 is 17.9 Å². The van der Waals surface area contributed by atoms with Gasteiger partial charge in [-0.05, 0) is 24.7 Å². The second-order valence-electron chi connectivity index (χ2n) is 4.84. The first-order valence-corrected chi connectivity index (χ1v) is 7.17. The van der Waals surface area contributed by atoms with E-state index in [9.17, 15) is 4.79 Å². The first-order chi connectivity index (χ1) is 10.2. The summed E-state index contributed by atoms with van der Waals surface area (Å²) in [5.41, 5.74) is 1.67.